The van der Waals surface area contributed by atoms with E-state index in [1.165, 1.54) is 7.05 Å². The van der Waals surface area contributed by atoms with Gasteiger partial charge in [0.05, 0.1) is 12.0 Å². The molecular formula is C18H12BrI2NO3S. The molecule has 3 rings (SSSR count). The smallest absolute Gasteiger partial charge is 0.293 e. The van der Waals surface area contributed by atoms with E-state index in [0.29, 0.717) is 11.5 Å². The lowest BCUT2D eigenvalue weighted by atomic mass is 10.2. The number of carbonyl (C=O) groups is 2. The van der Waals surface area contributed by atoms with Gasteiger partial charge < -0.3 is 4.74 Å². The minimum atomic E-state index is -0.263. The molecule has 1 aliphatic heterocycles. The minimum absolute atomic E-state index is 0.250. The zero-order valence-electron chi connectivity index (χ0n) is 13.5. The molecule has 26 heavy (non-hydrogen) atoms. The van der Waals surface area contributed by atoms with Crippen molar-refractivity contribution in [1.29, 1.82) is 0 Å². The number of ether oxygens (including phenoxy) is 1. The summed E-state index contributed by atoms with van der Waals surface area (Å²) in [5.74, 6) is 0.551. The summed E-state index contributed by atoms with van der Waals surface area (Å²) in [6.07, 6.45) is 1.75. The number of rotatable bonds is 4. The van der Waals surface area contributed by atoms with E-state index < -0.39 is 0 Å². The Morgan fingerprint density at radius 3 is 2.31 bits per heavy atom. The van der Waals surface area contributed by atoms with Crippen LogP contribution in [0.5, 0.6) is 5.75 Å². The highest BCUT2D eigenvalue weighted by Gasteiger charge is 2.31. The zero-order valence-corrected chi connectivity index (χ0v) is 20.2. The van der Waals surface area contributed by atoms with Crippen molar-refractivity contribution >= 4 is 90.1 Å². The number of nitrogens with zero attached hydrogens (tertiary/aromatic N) is 1. The molecule has 134 valence electrons. The van der Waals surface area contributed by atoms with E-state index in [1.54, 1.807) is 6.08 Å². The lowest BCUT2D eigenvalue weighted by molar-refractivity contribution is -0.121. The summed E-state index contributed by atoms with van der Waals surface area (Å²) >= 11 is 8.83. The second kappa shape index (κ2) is 8.61. The normalized spacial score (nSPS) is 15.8. The molecule has 0 atom stereocenters. The van der Waals surface area contributed by atoms with Crippen molar-refractivity contribution in [3.8, 4) is 5.75 Å². The first-order valence-electron chi connectivity index (χ1n) is 7.43. The molecule has 8 heteroatoms. The minimum Gasteiger partial charge on any atom is -0.487 e. The predicted molar refractivity (Wildman–Crippen MR) is 124 cm³/mol. The Hall–Kier alpha value is -0.590. The van der Waals surface area contributed by atoms with Crippen LogP contribution < -0.4 is 4.74 Å². The van der Waals surface area contributed by atoms with Gasteiger partial charge in [-0.2, -0.15) is 0 Å². The number of imide groups is 1. The Labute approximate surface area is 191 Å². The second-order valence-electron chi connectivity index (χ2n) is 5.47. The first-order chi connectivity index (χ1) is 12.3. The topological polar surface area (TPSA) is 46.6 Å². The highest BCUT2D eigenvalue weighted by Crippen LogP contribution is 2.34. The molecule has 0 spiro atoms. The standard InChI is InChI=1S/C18H12BrI2NO3S/c1-22-17(23)15(26-18(22)24)8-11-6-13(20)16(14(21)7-11)25-9-10-2-4-12(19)5-3-10/h2-8H,9H2,1H3/b15-8-. The van der Waals surface area contributed by atoms with Crippen LogP contribution in [-0.4, -0.2) is 23.1 Å². The molecule has 0 aromatic heterocycles. The van der Waals surface area contributed by atoms with Crippen molar-refractivity contribution in [2.75, 3.05) is 7.05 Å². The van der Waals surface area contributed by atoms with Gasteiger partial charge in [0.15, 0.2) is 0 Å². The van der Waals surface area contributed by atoms with E-state index in [0.717, 1.165) is 45.2 Å². The lowest BCUT2D eigenvalue weighted by Crippen LogP contribution is -2.22. The number of hydrogen-bond acceptors (Lipinski definition) is 4. The van der Waals surface area contributed by atoms with Crippen molar-refractivity contribution in [2.24, 2.45) is 0 Å². The molecule has 2 amide bonds. The summed E-state index contributed by atoms with van der Waals surface area (Å²) in [5.41, 5.74) is 1.95. The third-order valence-corrected chi connectivity index (χ3v) is 6.69. The zero-order chi connectivity index (χ0) is 18.8. The molecule has 0 N–H and O–H groups in total. The summed E-state index contributed by atoms with van der Waals surface area (Å²) in [4.78, 5) is 25.2. The van der Waals surface area contributed by atoms with Gasteiger partial charge in [-0.1, -0.05) is 28.1 Å². The Bertz CT molecular complexity index is 892. The van der Waals surface area contributed by atoms with Crippen LogP contribution in [0.3, 0.4) is 0 Å². The summed E-state index contributed by atoms with van der Waals surface area (Å²) < 4.78 is 8.93. The summed E-state index contributed by atoms with van der Waals surface area (Å²) in [6, 6.07) is 11.9. The first kappa shape index (κ1) is 20.2. The Morgan fingerprint density at radius 2 is 1.77 bits per heavy atom. The maximum absolute atomic E-state index is 12.0. The van der Waals surface area contributed by atoms with Crippen LogP contribution in [0.2, 0.25) is 0 Å². The van der Waals surface area contributed by atoms with Crippen molar-refractivity contribution in [3.05, 3.63) is 64.0 Å². The van der Waals surface area contributed by atoms with Crippen LogP contribution in [0.4, 0.5) is 4.79 Å². The third kappa shape index (κ3) is 4.63. The van der Waals surface area contributed by atoms with Crippen LogP contribution >= 0.6 is 72.9 Å². The number of thioether (sulfide) groups is 1. The molecule has 0 bridgehead atoms. The summed E-state index contributed by atoms with van der Waals surface area (Å²) in [6.45, 7) is 0.480. The fourth-order valence-corrected chi connectivity index (χ4v) is 5.45. The van der Waals surface area contributed by atoms with Crippen molar-refractivity contribution in [1.82, 2.24) is 4.90 Å². The molecule has 0 radical (unpaired) electrons. The van der Waals surface area contributed by atoms with Gasteiger partial charge in [-0.05, 0) is 98.4 Å². The van der Waals surface area contributed by atoms with Gasteiger partial charge in [0.2, 0.25) is 0 Å². The van der Waals surface area contributed by atoms with Crippen molar-refractivity contribution in [3.63, 3.8) is 0 Å². The van der Waals surface area contributed by atoms with Crippen LogP contribution in [0.1, 0.15) is 11.1 Å². The SMILES string of the molecule is CN1C(=O)S/C(=C\c2cc(I)c(OCc3ccc(Br)cc3)c(I)c2)C1=O. The van der Waals surface area contributed by atoms with Crippen molar-refractivity contribution in [2.45, 2.75) is 6.61 Å². The highest BCUT2D eigenvalue weighted by atomic mass is 127. The maximum atomic E-state index is 12.0. The molecule has 4 nitrogen and oxygen atoms in total. The van der Waals surface area contributed by atoms with E-state index in [2.05, 4.69) is 61.1 Å². The van der Waals surface area contributed by atoms with E-state index in [9.17, 15) is 9.59 Å². The van der Waals surface area contributed by atoms with Crippen LogP contribution in [-0.2, 0) is 11.4 Å². The van der Waals surface area contributed by atoms with E-state index in [-0.39, 0.29) is 11.1 Å². The van der Waals surface area contributed by atoms with E-state index in [4.69, 9.17) is 4.74 Å². The molecule has 2 aromatic carbocycles. The fraction of sp³-hybridized carbons (Fsp3) is 0.111. The summed E-state index contributed by atoms with van der Waals surface area (Å²) in [5, 5.41) is -0.250. The molecule has 0 aliphatic carbocycles. The highest BCUT2D eigenvalue weighted by molar-refractivity contribution is 14.1. The first-order valence-corrected chi connectivity index (χ1v) is 11.2. The van der Waals surface area contributed by atoms with Gasteiger partial charge in [0, 0.05) is 11.5 Å². The molecule has 2 aromatic rings. The van der Waals surface area contributed by atoms with Gasteiger partial charge in [0.25, 0.3) is 11.1 Å². The predicted octanol–water partition coefficient (Wildman–Crippen LogP) is 5.90. The van der Waals surface area contributed by atoms with Crippen LogP contribution in [0.15, 0.2) is 45.8 Å². The molecule has 1 aliphatic rings. The average Bonchev–Trinajstić information content (AvgIpc) is 2.83. The monoisotopic (exact) mass is 655 g/mol. The van der Waals surface area contributed by atoms with Gasteiger partial charge in [-0.3, -0.25) is 14.5 Å². The lowest BCUT2D eigenvalue weighted by Gasteiger charge is -2.12. The van der Waals surface area contributed by atoms with Crippen LogP contribution in [0, 0.1) is 7.14 Å². The molecule has 1 heterocycles. The fourth-order valence-electron chi connectivity index (χ4n) is 2.23. The van der Waals surface area contributed by atoms with Crippen LogP contribution in [0.25, 0.3) is 6.08 Å². The molecule has 0 unspecified atom stereocenters. The van der Waals surface area contributed by atoms with Gasteiger partial charge in [0.1, 0.15) is 12.4 Å². The number of benzene rings is 2. The average molecular weight is 656 g/mol. The number of hydrogen-bond donors (Lipinski definition) is 0. The molecule has 0 saturated carbocycles. The Balaban J connectivity index is 1.79. The third-order valence-electron chi connectivity index (χ3n) is 3.60. The number of likely N-dealkylation sites (N-methyl/N-ethyl adjacent to an activating group) is 1. The number of halogens is 3. The van der Waals surface area contributed by atoms with E-state index >= 15 is 0 Å². The van der Waals surface area contributed by atoms with Gasteiger partial charge in [-0.25, -0.2) is 0 Å². The van der Waals surface area contributed by atoms with E-state index in [1.807, 2.05) is 36.4 Å². The number of amides is 2. The van der Waals surface area contributed by atoms with Gasteiger partial charge in [-0.15, -0.1) is 0 Å². The quantitative estimate of drug-likeness (QED) is 0.304. The Kier molecular flexibility index (Phi) is 6.68. The largest absolute Gasteiger partial charge is 0.487 e. The molecule has 1 saturated heterocycles. The van der Waals surface area contributed by atoms with Gasteiger partial charge >= 0.3 is 0 Å². The summed E-state index contributed by atoms with van der Waals surface area (Å²) in [7, 11) is 1.49. The van der Waals surface area contributed by atoms with Crippen molar-refractivity contribution < 1.29 is 14.3 Å². The Morgan fingerprint density at radius 1 is 1.15 bits per heavy atom. The second-order valence-corrected chi connectivity index (χ2v) is 9.70. The number of carbonyl (C=O) groups excluding carboxylic acids is 2. The maximum Gasteiger partial charge on any atom is 0.293 e. The molecular weight excluding hydrogens is 644 g/mol. The molecule has 1 fully saturated rings.